The van der Waals surface area contributed by atoms with Crippen LogP contribution < -0.4 is 5.32 Å². The zero-order valence-electron chi connectivity index (χ0n) is 10.5. The Morgan fingerprint density at radius 2 is 2.15 bits per heavy atom. The summed E-state index contributed by atoms with van der Waals surface area (Å²) >= 11 is 3.19. The lowest BCUT2D eigenvalue weighted by molar-refractivity contribution is -0.385. The molecule has 0 fully saturated rings. The van der Waals surface area contributed by atoms with Crippen molar-refractivity contribution in [3.63, 3.8) is 0 Å². The van der Waals surface area contributed by atoms with E-state index in [9.17, 15) is 14.9 Å². The topological polar surface area (TPSA) is 85.1 Å². The fourth-order valence-electron chi connectivity index (χ4n) is 1.69. The molecule has 0 saturated carbocycles. The van der Waals surface area contributed by atoms with Gasteiger partial charge in [-0.25, -0.2) is 4.98 Å². The van der Waals surface area contributed by atoms with Gasteiger partial charge in [0, 0.05) is 23.5 Å². The van der Waals surface area contributed by atoms with Crippen LogP contribution in [0.5, 0.6) is 0 Å². The van der Waals surface area contributed by atoms with Crippen LogP contribution in [0.4, 0.5) is 11.4 Å². The minimum Gasteiger partial charge on any atom is -0.322 e. The van der Waals surface area contributed by atoms with Crippen LogP contribution in [-0.4, -0.2) is 15.8 Å². The fourth-order valence-corrected chi connectivity index (χ4v) is 2.12. The molecule has 6 nitrogen and oxygen atoms in total. The number of rotatable bonds is 3. The molecular weight excluding hydrogens is 326 g/mol. The van der Waals surface area contributed by atoms with Crippen LogP contribution in [0.15, 0.2) is 41.1 Å². The molecule has 0 atom stereocenters. The zero-order valence-corrected chi connectivity index (χ0v) is 12.0. The molecule has 1 N–H and O–H groups in total. The number of nitrogens with one attached hydrogen (secondary N) is 1. The number of hydrogen-bond acceptors (Lipinski definition) is 4. The molecule has 0 spiro atoms. The normalized spacial score (nSPS) is 10.1. The molecule has 2 rings (SSSR count). The van der Waals surface area contributed by atoms with E-state index in [1.54, 1.807) is 31.3 Å². The molecule has 102 valence electrons. The number of carbonyl (C=O) groups excluding carboxylic acids is 1. The van der Waals surface area contributed by atoms with Crippen molar-refractivity contribution >= 4 is 33.2 Å². The summed E-state index contributed by atoms with van der Waals surface area (Å²) < 4.78 is 0.441. The van der Waals surface area contributed by atoms with E-state index in [4.69, 9.17) is 0 Å². The number of halogens is 1. The van der Waals surface area contributed by atoms with Gasteiger partial charge in [0.15, 0.2) is 0 Å². The van der Waals surface area contributed by atoms with Crippen LogP contribution in [0.2, 0.25) is 0 Å². The van der Waals surface area contributed by atoms with E-state index in [2.05, 4.69) is 26.2 Å². The highest BCUT2D eigenvalue weighted by Crippen LogP contribution is 2.22. The summed E-state index contributed by atoms with van der Waals surface area (Å²) in [6.45, 7) is 1.62. The van der Waals surface area contributed by atoms with Crippen molar-refractivity contribution in [2.24, 2.45) is 0 Å². The van der Waals surface area contributed by atoms with Crippen LogP contribution >= 0.6 is 15.9 Å². The number of aryl methyl sites for hydroxylation is 1. The van der Waals surface area contributed by atoms with E-state index in [1.807, 2.05) is 0 Å². The number of benzene rings is 1. The van der Waals surface area contributed by atoms with Crippen molar-refractivity contribution in [1.29, 1.82) is 0 Å². The highest BCUT2D eigenvalue weighted by Gasteiger charge is 2.13. The molecule has 7 heteroatoms. The molecule has 0 saturated heterocycles. The Labute approximate surface area is 123 Å². The Morgan fingerprint density at radius 1 is 1.40 bits per heavy atom. The number of nitro benzene ring substituents is 1. The Morgan fingerprint density at radius 3 is 2.75 bits per heavy atom. The van der Waals surface area contributed by atoms with Crippen molar-refractivity contribution < 1.29 is 9.72 Å². The molecule has 0 aliphatic heterocycles. The monoisotopic (exact) mass is 335 g/mol. The van der Waals surface area contributed by atoms with Crippen molar-refractivity contribution in [1.82, 2.24) is 4.98 Å². The molecular formula is C13H10BrN3O3. The average molecular weight is 336 g/mol. The van der Waals surface area contributed by atoms with E-state index in [0.29, 0.717) is 21.4 Å². The van der Waals surface area contributed by atoms with Crippen LogP contribution in [0.3, 0.4) is 0 Å². The molecule has 0 unspecified atom stereocenters. The lowest BCUT2D eigenvalue weighted by Gasteiger charge is -2.07. The van der Waals surface area contributed by atoms with E-state index < -0.39 is 4.92 Å². The SMILES string of the molecule is Cc1cc(NC(=O)c2cccnc2Br)ccc1[N+](=O)[O-]. The highest BCUT2D eigenvalue weighted by molar-refractivity contribution is 9.10. The number of amides is 1. The lowest BCUT2D eigenvalue weighted by atomic mass is 10.1. The first-order chi connectivity index (χ1) is 9.49. The van der Waals surface area contributed by atoms with Gasteiger partial charge in [-0.05, 0) is 47.1 Å². The Bertz CT molecular complexity index is 688. The number of carbonyl (C=O) groups is 1. The summed E-state index contributed by atoms with van der Waals surface area (Å²) in [5.74, 6) is -0.335. The van der Waals surface area contributed by atoms with E-state index in [0.717, 1.165) is 0 Å². The van der Waals surface area contributed by atoms with E-state index in [-0.39, 0.29) is 11.6 Å². The quantitative estimate of drug-likeness (QED) is 0.529. The number of hydrogen-bond donors (Lipinski definition) is 1. The van der Waals surface area contributed by atoms with Crippen molar-refractivity contribution in [2.45, 2.75) is 6.92 Å². The van der Waals surface area contributed by atoms with E-state index in [1.165, 1.54) is 12.1 Å². The van der Waals surface area contributed by atoms with Gasteiger partial charge in [-0.2, -0.15) is 0 Å². The predicted molar refractivity (Wildman–Crippen MR) is 77.7 cm³/mol. The van der Waals surface area contributed by atoms with Gasteiger partial charge in [-0.3, -0.25) is 14.9 Å². The van der Waals surface area contributed by atoms with Gasteiger partial charge < -0.3 is 5.32 Å². The maximum Gasteiger partial charge on any atom is 0.272 e. The van der Waals surface area contributed by atoms with Crippen molar-refractivity contribution in [2.75, 3.05) is 5.32 Å². The van der Waals surface area contributed by atoms with Gasteiger partial charge in [-0.15, -0.1) is 0 Å². The summed E-state index contributed by atoms with van der Waals surface area (Å²) in [5.41, 5.74) is 1.39. The first kappa shape index (κ1) is 14.1. The molecule has 1 aromatic carbocycles. The third-order valence-electron chi connectivity index (χ3n) is 2.66. The number of aromatic nitrogens is 1. The second-order valence-corrected chi connectivity index (χ2v) is 4.81. The second kappa shape index (κ2) is 5.79. The minimum atomic E-state index is -0.460. The third kappa shape index (κ3) is 3.00. The van der Waals surface area contributed by atoms with Gasteiger partial charge >= 0.3 is 0 Å². The molecule has 0 aliphatic carbocycles. The minimum absolute atomic E-state index is 0.0190. The predicted octanol–water partition coefficient (Wildman–Crippen LogP) is 3.31. The van der Waals surface area contributed by atoms with Crippen LogP contribution in [0.25, 0.3) is 0 Å². The van der Waals surface area contributed by atoms with Gasteiger partial charge in [0.25, 0.3) is 11.6 Å². The van der Waals surface area contributed by atoms with Crippen LogP contribution in [0.1, 0.15) is 15.9 Å². The summed E-state index contributed by atoms with van der Waals surface area (Å²) in [5, 5.41) is 13.4. The van der Waals surface area contributed by atoms with Gasteiger partial charge in [0.2, 0.25) is 0 Å². The molecule has 1 amide bonds. The molecule has 0 radical (unpaired) electrons. The maximum absolute atomic E-state index is 12.1. The van der Waals surface area contributed by atoms with Gasteiger partial charge in [0.05, 0.1) is 10.5 Å². The Hall–Kier alpha value is -2.28. The summed E-state index contributed by atoms with van der Waals surface area (Å²) in [6, 6.07) is 7.70. The standard InChI is InChI=1S/C13H10BrN3O3/c1-8-7-9(4-5-11(8)17(19)20)16-13(18)10-3-2-6-15-12(10)14/h2-7H,1H3,(H,16,18). The highest BCUT2D eigenvalue weighted by atomic mass is 79.9. The molecule has 0 bridgehead atoms. The molecule has 1 aromatic heterocycles. The van der Waals surface area contributed by atoms with Crippen LogP contribution in [-0.2, 0) is 0 Å². The number of nitrogens with zero attached hydrogens (tertiary/aromatic N) is 2. The molecule has 0 aliphatic rings. The summed E-state index contributed by atoms with van der Waals surface area (Å²) in [4.78, 5) is 26.3. The first-order valence-corrected chi connectivity index (χ1v) is 6.45. The third-order valence-corrected chi connectivity index (χ3v) is 3.29. The molecule has 2 aromatic rings. The molecule has 1 heterocycles. The second-order valence-electron chi connectivity index (χ2n) is 4.05. The summed E-state index contributed by atoms with van der Waals surface area (Å²) in [7, 11) is 0. The maximum atomic E-state index is 12.1. The number of nitro groups is 1. The van der Waals surface area contributed by atoms with Crippen molar-refractivity contribution in [3.05, 3.63) is 62.4 Å². The first-order valence-electron chi connectivity index (χ1n) is 5.66. The average Bonchev–Trinajstić information content (AvgIpc) is 2.38. The molecule has 20 heavy (non-hydrogen) atoms. The van der Waals surface area contributed by atoms with Crippen molar-refractivity contribution in [3.8, 4) is 0 Å². The largest absolute Gasteiger partial charge is 0.322 e. The number of pyridine rings is 1. The number of anilines is 1. The van der Waals surface area contributed by atoms with Crippen LogP contribution in [0, 0.1) is 17.0 Å². The fraction of sp³-hybridized carbons (Fsp3) is 0.0769. The Kier molecular flexibility index (Phi) is 4.09. The Balaban J connectivity index is 2.23. The zero-order chi connectivity index (χ0) is 14.7. The van der Waals surface area contributed by atoms with E-state index >= 15 is 0 Å². The van der Waals surface area contributed by atoms with Gasteiger partial charge in [-0.1, -0.05) is 0 Å². The van der Waals surface area contributed by atoms with Gasteiger partial charge in [0.1, 0.15) is 4.60 Å². The summed E-state index contributed by atoms with van der Waals surface area (Å²) in [6.07, 6.45) is 1.57. The lowest BCUT2D eigenvalue weighted by Crippen LogP contribution is -2.13. The smallest absolute Gasteiger partial charge is 0.272 e.